The summed E-state index contributed by atoms with van der Waals surface area (Å²) in [5, 5.41) is 0. The van der Waals surface area contributed by atoms with Crippen LogP contribution in [0.4, 0.5) is 0 Å². The van der Waals surface area contributed by atoms with Crippen molar-refractivity contribution in [3.8, 4) is 5.75 Å². The number of para-hydroxylation sites is 1. The van der Waals surface area contributed by atoms with Gasteiger partial charge in [0.05, 0.1) is 18.0 Å². The second-order valence-corrected chi connectivity index (χ2v) is 5.10. The quantitative estimate of drug-likeness (QED) is 0.519. The normalized spacial score (nSPS) is 11.2. The molecule has 0 saturated heterocycles. The van der Waals surface area contributed by atoms with Crippen molar-refractivity contribution in [3.05, 3.63) is 24.0 Å². The van der Waals surface area contributed by atoms with Crippen LogP contribution in [0, 0.1) is 0 Å². The molecule has 1 aromatic carbocycles. The molecule has 0 spiro atoms. The number of benzene rings is 1. The van der Waals surface area contributed by atoms with Crippen LogP contribution in [0.25, 0.3) is 11.0 Å². The molecule has 4 nitrogen and oxygen atoms in total. The largest absolute Gasteiger partial charge is 0.491 e. The molecule has 0 fully saturated rings. The fraction of sp³-hybridized carbons (Fsp3) is 0.562. The maximum atomic E-state index is 6.04. The third kappa shape index (κ3) is 3.89. The first kappa shape index (κ1) is 16.1. The lowest BCUT2D eigenvalue weighted by molar-refractivity contribution is 0.142. The van der Waals surface area contributed by atoms with Crippen LogP contribution in [0.1, 0.15) is 32.5 Å². The highest BCUT2D eigenvalue weighted by Gasteiger charge is 2.13. The number of hydrogen-bond donors (Lipinski definition) is 0. The fourth-order valence-corrected chi connectivity index (χ4v) is 2.52. The highest BCUT2D eigenvalue weighted by Crippen LogP contribution is 2.27. The molecule has 5 heteroatoms. The number of imidazole rings is 1. The molecule has 0 radical (unpaired) electrons. The third-order valence-electron chi connectivity index (χ3n) is 3.28. The summed E-state index contributed by atoms with van der Waals surface area (Å²) in [4.78, 5) is 4.65. The first-order valence-corrected chi connectivity index (χ1v) is 8.09. The van der Waals surface area contributed by atoms with Crippen LogP contribution in [-0.2, 0) is 17.2 Å². The molecule has 0 unspecified atom stereocenters. The van der Waals surface area contributed by atoms with E-state index in [1.165, 1.54) is 0 Å². The number of nitrogens with zero attached hydrogens (tertiary/aromatic N) is 2. The Balaban J connectivity index is 2.26. The number of hydrogen-bond acceptors (Lipinski definition) is 3. The molecular formula is C16H23ClN2O2. The van der Waals surface area contributed by atoms with Crippen molar-refractivity contribution in [1.29, 1.82) is 0 Å². The topological polar surface area (TPSA) is 36.3 Å². The Labute approximate surface area is 131 Å². The van der Waals surface area contributed by atoms with Crippen molar-refractivity contribution >= 4 is 22.6 Å². The lowest BCUT2D eigenvalue weighted by atomic mass is 10.3. The van der Waals surface area contributed by atoms with Gasteiger partial charge >= 0.3 is 0 Å². The molecule has 0 aliphatic heterocycles. The standard InChI is InChI=1S/C16H23ClN2O2/c1-3-10-21-14-8-5-7-13-16(14)18-15(12-17)19(13)9-6-11-20-4-2/h5,7-8H,3-4,6,9-12H2,1-2H3. The predicted molar refractivity (Wildman–Crippen MR) is 86.2 cm³/mol. The molecule has 0 N–H and O–H groups in total. The smallest absolute Gasteiger partial charge is 0.147 e. The Morgan fingerprint density at radius 3 is 2.81 bits per heavy atom. The summed E-state index contributed by atoms with van der Waals surface area (Å²) >= 11 is 6.04. The van der Waals surface area contributed by atoms with Gasteiger partial charge in [0, 0.05) is 19.8 Å². The summed E-state index contributed by atoms with van der Waals surface area (Å²) in [6.07, 6.45) is 1.93. The van der Waals surface area contributed by atoms with Crippen molar-refractivity contribution in [2.45, 2.75) is 39.1 Å². The molecular weight excluding hydrogens is 288 g/mol. The Morgan fingerprint density at radius 2 is 2.10 bits per heavy atom. The van der Waals surface area contributed by atoms with Crippen molar-refractivity contribution < 1.29 is 9.47 Å². The van der Waals surface area contributed by atoms with Gasteiger partial charge in [-0.1, -0.05) is 13.0 Å². The van der Waals surface area contributed by atoms with Crippen LogP contribution in [0.15, 0.2) is 18.2 Å². The van der Waals surface area contributed by atoms with E-state index in [1.807, 2.05) is 19.1 Å². The lowest BCUT2D eigenvalue weighted by Gasteiger charge is -2.08. The van der Waals surface area contributed by atoms with Gasteiger partial charge in [0.15, 0.2) is 0 Å². The molecule has 0 saturated carbocycles. The first-order chi connectivity index (χ1) is 10.3. The molecule has 116 valence electrons. The number of ether oxygens (including phenoxy) is 2. The third-order valence-corrected chi connectivity index (χ3v) is 3.52. The molecule has 1 aromatic heterocycles. The van der Waals surface area contributed by atoms with Gasteiger partial charge < -0.3 is 14.0 Å². The summed E-state index contributed by atoms with van der Waals surface area (Å²) < 4.78 is 13.4. The molecule has 21 heavy (non-hydrogen) atoms. The van der Waals surface area contributed by atoms with Gasteiger partial charge in [-0.05, 0) is 31.9 Å². The zero-order chi connectivity index (χ0) is 15.1. The molecule has 0 aliphatic carbocycles. The Morgan fingerprint density at radius 1 is 1.24 bits per heavy atom. The van der Waals surface area contributed by atoms with Crippen LogP contribution in [0.3, 0.4) is 0 Å². The van der Waals surface area contributed by atoms with E-state index in [9.17, 15) is 0 Å². The minimum Gasteiger partial charge on any atom is -0.491 e. The van der Waals surface area contributed by atoms with E-state index in [-0.39, 0.29) is 0 Å². The summed E-state index contributed by atoms with van der Waals surface area (Å²) in [5.74, 6) is 2.12. The van der Waals surface area contributed by atoms with Gasteiger partial charge in [0.1, 0.15) is 17.1 Å². The molecule has 0 atom stereocenters. The zero-order valence-corrected chi connectivity index (χ0v) is 13.5. The van der Waals surface area contributed by atoms with Gasteiger partial charge in [-0.3, -0.25) is 0 Å². The number of aryl methyl sites for hydroxylation is 1. The lowest BCUT2D eigenvalue weighted by Crippen LogP contribution is -2.05. The van der Waals surface area contributed by atoms with Crippen molar-refractivity contribution in [3.63, 3.8) is 0 Å². The highest BCUT2D eigenvalue weighted by molar-refractivity contribution is 6.16. The molecule has 0 bridgehead atoms. The number of aromatic nitrogens is 2. The second-order valence-electron chi connectivity index (χ2n) is 4.84. The van der Waals surface area contributed by atoms with Gasteiger partial charge in [-0.2, -0.15) is 0 Å². The van der Waals surface area contributed by atoms with E-state index in [0.717, 1.165) is 55.2 Å². The minimum atomic E-state index is 0.399. The molecule has 0 aliphatic rings. The van der Waals surface area contributed by atoms with E-state index in [4.69, 9.17) is 21.1 Å². The summed E-state index contributed by atoms with van der Waals surface area (Å²) in [7, 11) is 0. The van der Waals surface area contributed by atoms with Crippen LogP contribution in [0.5, 0.6) is 5.75 Å². The Hall–Kier alpha value is -1.26. The number of rotatable bonds is 9. The van der Waals surface area contributed by atoms with Gasteiger partial charge in [-0.25, -0.2) is 4.98 Å². The van der Waals surface area contributed by atoms with E-state index >= 15 is 0 Å². The van der Waals surface area contributed by atoms with Crippen LogP contribution >= 0.6 is 11.6 Å². The van der Waals surface area contributed by atoms with E-state index < -0.39 is 0 Å². The van der Waals surface area contributed by atoms with Gasteiger partial charge in [0.2, 0.25) is 0 Å². The highest BCUT2D eigenvalue weighted by atomic mass is 35.5. The van der Waals surface area contributed by atoms with Crippen LogP contribution < -0.4 is 4.74 Å². The average molecular weight is 311 g/mol. The summed E-state index contributed by atoms with van der Waals surface area (Å²) in [5.41, 5.74) is 1.98. The number of alkyl halides is 1. The van der Waals surface area contributed by atoms with Crippen molar-refractivity contribution in [2.24, 2.45) is 0 Å². The maximum absolute atomic E-state index is 6.04. The van der Waals surface area contributed by atoms with Gasteiger partial charge in [0.25, 0.3) is 0 Å². The van der Waals surface area contributed by atoms with E-state index in [1.54, 1.807) is 0 Å². The minimum absolute atomic E-state index is 0.399. The van der Waals surface area contributed by atoms with Crippen molar-refractivity contribution in [2.75, 3.05) is 19.8 Å². The average Bonchev–Trinajstić information content (AvgIpc) is 2.88. The predicted octanol–water partition coefficient (Wildman–Crippen LogP) is 3.99. The van der Waals surface area contributed by atoms with Gasteiger partial charge in [-0.15, -0.1) is 11.6 Å². The first-order valence-electron chi connectivity index (χ1n) is 7.56. The molecule has 2 rings (SSSR count). The summed E-state index contributed by atoms with van der Waals surface area (Å²) in [6, 6.07) is 6.04. The van der Waals surface area contributed by atoms with E-state index in [2.05, 4.69) is 22.5 Å². The van der Waals surface area contributed by atoms with E-state index in [0.29, 0.717) is 12.5 Å². The molecule has 1 heterocycles. The number of halogens is 1. The zero-order valence-electron chi connectivity index (χ0n) is 12.8. The SMILES string of the molecule is CCCOc1cccc2c1nc(CCl)n2CCCOCC. The Bertz CT molecular complexity index is 569. The summed E-state index contributed by atoms with van der Waals surface area (Å²) in [6.45, 7) is 7.17. The molecule has 2 aromatic rings. The fourth-order valence-electron chi connectivity index (χ4n) is 2.32. The van der Waals surface area contributed by atoms with Crippen molar-refractivity contribution in [1.82, 2.24) is 9.55 Å². The monoisotopic (exact) mass is 310 g/mol. The van der Waals surface area contributed by atoms with Crippen LogP contribution in [0.2, 0.25) is 0 Å². The maximum Gasteiger partial charge on any atom is 0.147 e. The molecule has 0 amide bonds. The second kappa shape index (κ2) is 8.25. The van der Waals surface area contributed by atoms with Crippen LogP contribution in [-0.4, -0.2) is 29.4 Å². The number of fused-ring (bicyclic) bond motifs is 1. The Kier molecular flexibility index (Phi) is 6.33.